The Kier molecular flexibility index (Phi) is 10.0. The van der Waals surface area contributed by atoms with Gasteiger partial charge in [0.25, 0.3) is 0 Å². The molecular formula is C25H38N4O2. The van der Waals surface area contributed by atoms with Crippen molar-refractivity contribution >= 4 is 5.91 Å². The van der Waals surface area contributed by atoms with E-state index in [9.17, 15) is 4.79 Å². The van der Waals surface area contributed by atoms with Crippen molar-refractivity contribution in [1.82, 2.24) is 20.8 Å². The van der Waals surface area contributed by atoms with E-state index in [1.54, 1.807) is 0 Å². The first-order chi connectivity index (χ1) is 15.2. The van der Waals surface area contributed by atoms with Crippen LogP contribution in [-0.4, -0.2) is 29.1 Å². The number of nitrogens with zero attached hydrogens (tertiary/aromatic N) is 2. The van der Waals surface area contributed by atoms with Crippen molar-refractivity contribution in [3.63, 3.8) is 0 Å². The number of rotatable bonds is 14. The van der Waals surface area contributed by atoms with Crippen molar-refractivity contribution < 1.29 is 9.32 Å². The van der Waals surface area contributed by atoms with Crippen LogP contribution in [0.5, 0.6) is 0 Å². The molecule has 0 saturated carbocycles. The number of hydrogen-bond donors (Lipinski definition) is 2. The van der Waals surface area contributed by atoms with E-state index in [-0.39, 0.29) is 12.5 Å². The fourth-order valence-electron chi connectivity index (χ4n) is 4.12. The summed E-state index contributed by atoms with van der Waals surface area (Å²) in [6.45, 7) is 4.47. The van der Waals surface area contributed by atoms with Crippen LogP contribution in [0.3, 0.4) is 0 Å². The highest BCUT2D eigenvalue weighted by Crippen LogP contribution is 2.18. The van der Waals surface area contributed by atoms with E-state index in [4.69, 9.17) is 4.52 Å². The minimum atomic E-state index is 0.0405. The molecule has 1 saturated heterocycles. The monoisotopic (exact) mass is 426 g/mol. The smallest absolute Gasteiger partial charge is 0.246 e. The van der Waals surface area contributed by atoms with E-state index in [1.807, 2.05) is 0 Å². The summed E-state index contributed by atoms with van der Waals surface area (Å²) in [5, 5.41) is 10.2. The molecule has 0 radical (unpaired) electrons. The third-order valence-corrected chi connectivity index (χ3v) is 6.07. The number of aromatic nitrogens is 2. The van der Waals surface area contributed by atoms with Crippen LogP contribution in [0, 0.1) is 5.92 Å². The minimum absolute atomic E-state index is 0.0405. The zero-order valence-corrected chi connectivity index (χ0v) is 19.0. The number of nitrogens with one attached hydrogen (secondary N) is 2. The highest BCUT2D eigenvalue weighted by atomic mass is 16.5. The van der Waals surface area contributed by atoms with Gasteiger partial charge in [-0.3, -0.25) is 4.79 Å². The maximum absolute atomic E-state index is 12.0. The normalized spacial score (nSPS) is 16.0. The molecule has 0 spiro atoms. The van der Waals surface area contributed by atoms with Gasteiger partial charge >= 0.3 is 0 Å². The molecule has 0 bridgehead atoms. The third-order valence-electron chi connectivity index (χ3n) is 6.07. The third kappa shape index (κ3) is 8.44. The molecule has 6 heteroatoms. The number of aryl methyl sites for hydroxylation is 1. The standard InChI is InChI=1S/C25H38N4O2/c1-2-3-4-5-6-7-8-9-10-20-11-13-22(14-12-20)25-28-24(31-29-25)19-27-23(30)17-21-15-16-26-18-21/h11-14,21,26H,2-10,15-19H2,1H3,(H,27,30). The van der Waals surface area contributed by atoms with Crippen molar-refractivity contribution in [2.24, 2.45) is 5.92 Å². The van der Waals surface area contributed by atoms with E-state index < -0.39 is 0 Å². The number of unbranched alkanes of at least 4 members (excludes halogenated alkanes) is 7. The predicted molar refractivity (Wildman–Crippen MR) is 123 cm³/mol. The fraction of sp³-hybridized carbons (Fsp3) is 0.640. The molecule has 2 aromatic rings. The highest BCUT2D eigenvalue weighted by molar-refractivity contribution is 5.76. The van der Waals surface area contributed by atoms with Crippen molar-refractivity contribution in [3.8, 4) is 11.4 Å². The van der Waals surface area contributed by atoms with Gasteiger partial charge in [-0.25, -0.2) is 0 Å². The lowest BCUT2D eigenvalue weighted by Gasteiger charge is -2.07. The van der Waals surface area contributed by atoms with E-state index in [2.05, 4.69) is 52.0 Å². The Bertz CT molecular complexity index is 766. The Balaban J connectivity index is 1.35. The lowest BCUT2D eigenvalue weighted by atomic mass is 10.0. The summed E-state index contributed by atoms with van der Waals surface area (Å²) in [5.74, 6) is 1.49. The summed E-state index contributed by atoms with van der Waals surface area (Å²) in [6, 6.07) is 8.43. The summed E-state index contributed by atoms with van der Waals surface area (Å²) in [5.41, 5.74) is 2.30. The second kappa shape index (κ2) is 13.3. The summed E-state index contributed by atoms with van der Waals surface area (Å²) in [4.78, 5) is 16.5. The average Bonchev–Trinajstić information content (AvgIpc) is 3.47. The van der Waals surface area contributed by atoms with Gasteiger partial charge in [0, 0.05) is 12.0 Å². The number of amides is 1. The quantitative estimate of drug-likeness (QED) is 0.414. The van der Waals surface area contributed by atoms with Gasteiger partial charge < -0.3 is 15.2 Å². The zero-order valence-electron chi connectivity index (χ0n) is 19.0. The molecule has 1 unspecified atom stereocenters. The van der Waals surface area contributed by atoms with Crippen LogP contribution in [-0.2, 0) is 17.8 Å². The van der Waals surface area contributed by atoms with Gasteiger partial charge in [-0.1, -0.05) is 81.3 Å². The summed E-state index contributed by atoms with van der Waals surface area (Å²) >= 11 is 0. The molecule has 2 heterocycles. The molecule has 6 nitrogen and oxygen atoms in total. The number of hydrogen-bond acceptors (Lipinski definition) is 5. The molecule has 31 heavy (non-hydrogen) atoms. The summed E-state index contributed by atoms with van der Waals surface area (Å²) in [7, 11) is 0. The lowest BCUT2D eigenvalue weighted by molar-refractivity contribution is -0.122. The molecule has 2 N–H and O–H groups in total. The fourth-order valence-corrected chi connectivity index (χ4v) is 4.12. The molecular weight excluding hydrogens is 388 g/mol. The van der Waals surface area contributed by atoms with Gasteiger partial charge in [0.05, 0.1) is 6.54 Å². The molecule has 1 aromatic carbocycles. The zero-order chi connectivity index (χ0) is 21.7. The Hall–Kier alpha value is -2.21. The van der Waals surface area contributed by atoms with Crippen LogP contribution in [0.2, 0.25) is 0 Å². The van der Waals surface area contributed by atoms with Crippen LogP contribution in [0.15, 0.2) is 28.8 Å². The van der Waals surface area contributed by atoms with Gasteiger partial charge in [0.2, 0.25) is 17.6 Å². The second-order valence-corrected chi connectivity index (χ2v) is 8.77. The van der Waals surface area contributed by atoms with E-state index in [1.165, 1.54) is 56.9 Å². The lowest BCUT2D eigenvalue weighted by Crippen LogP contribution is -2.26. The van der Waals surface area contributed by atoms with Crippen LogP contribution in [0.1, 0.15) is 82.6 Å². The molecule has 1 aliphatic rings. The second-order valence-electron chi connectivity index (χ2n) is 8.77. The first kappa shape index (κ1) is 23.5. The Morgan fingerprint density at radius 2 is 1.84 bits per heavy atom. The van der Waals surface area contributed by atoms with Gasteiger partial charge in [-0.05, 0) is 43.8 Å². The largest absolute Gasteiger partial charge is 0.347 e. The SMILES string of the molecule is CCCCCCCCCCc1ccc(-c2noc(CNC(=O)CC3CCNC3)n2)cc1. The summed E-state index contributed by atoms with van der Waals surface area (Å²) < 4.78 is 5.31. The maximum atomic E-state index is 12.0. The van der Waals surface area contributed by atoms with E-state index in [0.29, 0.717) is 24.1 Å². The number of carbonyl (C=O) groups excluding carboxylic acids is 1. The van der Waals surface area contributed by atoms with Gasteiger partial charge in [0.1, 0.15) is 0 Å². The number of carbonyl (C=O) groups is 1. The van der Waals surface area contributed by atoms with Crippen molar-refractivity contribution in [2.45, 2.75) is 84.1 Å². The Morgan fingerprint density at radius 3 is 2.55 bits per heavy atom. The molecule has 170 valence electrons. The predicted octanol–water partition coefficient (Wildman–Crippen LogP) is 5.04. The van der Waals surface area contributed by atoms with Gasteiger partial charge in [-0.2, -0.15) is 4.98 Å². The Labute approximate surface area is 186 Å². The van der Waals surface area contributed by atoms with Crippen LogP contribution in [0.25, 0.3) is 11.4 Å². The van der Waals surface area contributed by atoms with Crippen LogP contribution >= 0.6 is 0 Å². The molecule has 1 fully saturated rings. The van der Waals surface area contributed by atoms with Crippen molar-refractivity contribution in [3.05, 3.63) is 35.7 Å². The average molecular weight is 427 g/mol. The molecule has 0 aliphatic carbocycles. The van der Waals surface area contributed by atoms with Crippen LogP contribution < -0.4 is 10.6 Å². The molecule has 3 rings (SSSR count). The first-order valence-electron chi connectivity index (χ1n) is 12.1. The van der Waals surface area contributed by atoms with E-state index in [0.717, 1.165) is 31.5 Å². The van der Waals surface area contributed by atoms with Gasteiger partial charge in [-0.15, -0.1) is 0 Å². The van der Waals surface area contributed by atoms with Crippen LogP contribution in [0.4, 0.5) is 0 Å². The molecule has 1 aromatic heterocycles. The first-order valence-corrected chi connectivity index (χ1v) is 12.1. The molecule has 1 amide bonds. The van der Waals surface area contributed by atoms with Gasteiger partial charge in [0.15, 0.2) is 0 Å². The van der Waals surface area contributed by atoms with Crippen molar-refractivity contribution in [1.29, 1.82) is 0 Å². The minimum Gasteiger partial charge on any atom is -0.347 e. The van der Waals surface area contributed by atoms with E-state index >= 15 is 0 Å². The highest BCUT2D eigenvalue weighted by Gasteiger charge is 2.18. The number of benzene rings is 1. The molecule has 1 atom stereocenters. The topological polar surface area (TPSA) is 80.0 Å². The maximum Gasteiger partial charge on any atom is 0.246 e. The Morgan fingerprint density at radius 1 is 1.10 bits per heavy atom. The molecule has 1 aliphatic heterocycles. The van der Waals surface area contributed by atoms with Crippen molar-refractivity contribution in [2.75, 3.05) is 13.1 Å². The summed E-state index contributed by atoms with van der Waals surface area (Å²) in [6.07, 6.45) is 13.5.